The molecule has 0 amide bonds. The van der Waals surface area contributed by atoms with Gasteiger partial charge in [-0.2, -0.15) is 23.3 Å². The molecule has 0 aliphatic rings. The van der Waals surface area contributed by atoms with E-state index in [0.717, 1.165) is 10.9 Å². The van der Waals surface area contributed by atoms with E-state index in [-0.39, 0.29) is 11.8 Å². The molecule has 5 nitrogen and oxygen atoms in total. The van der Waals surface area contributed by atoms with Crippen LogP contribution in [0.25, 0.3) is 5.95 Å². The maximum Gasteiger partial charge on any atom is 0.419 e. The summed E-state index contributed by atoms with van der Waals surface area (Å²) in [4.78, 5) is 7.76. The van der Waals surface area contributed by atoms with E-state index in [1.807, 2.05) is 0 Å². The highest BCUT2D eigenvalue weighted by Gasteiger charge is 2.32. The van der Waals surface area contributed by atoms with Gasteiger partial charge in [0, 0.05) is 6.20 Å². The van der Waals surface area contributed by atoms with Gasteiger partial charge in [0.1, 0.15) is 0 Å². The van der Waals surface area contributed by atoms with E-state index < -0.39 is 11.7 Å². The Morgan fingerprint density at radius 1 is 1.33 bits per heavy atom. The predicted octanol–water partition coefficient (Wildman–Crippen LogP) is 2.45. The van der Waals surface area contributed by atoms with Crippen molar-refractivity contribution in [2.75, 3.05) is 7.11 Å². The molecule has 2 aromatic rings. The normalized spacial score (nSPS) is 11.6. The van der Waals surface area contributed by atoms with Crippen LogP contribution in [0.2, 0.25) is 0 Å². The molecule has 18 heavy (non-hydrogen) atoms. The molecule has 0 aliphatic heterocycles. The van der Waals surface area contributed by atoms with Crippen molar-refractivity contribution in [2.24, 2.45) is 0 Å². The van der Waals surface area contributed by atoms with Crippen molar-refractivity contribution in [1.82, 2.24) is 19.7 Å². The van der Waals surface area contributed by atoms with Crippen molar-refractivity contribution in [1.29, 1.82) is 0 Å². The number of rotatable bonds is 2. The van der Waals surface area contributed by atoms with E-state index >= 15 is 0 Å². The maximum absolute atomic E-state index is 12.4. The Balaban J connectivity index is 2.40. The monoisotopic (exact) mass is 322 g/mol. The molecule has 2 rings (SSSR count). The summed E-state index contributed by atoms with van der Waals surface area (Å²) in [6.45, 7) is 0. The molecule has 96 valence electrons. The third-order valence-corrected chi connectivity index (χ3v) is 2.55. The lowest BCUT2D eigenvalue weighted by atomic mass is 10.4. The molecular formula is C9H6BrF3N4O. The van der Waals surface area contributed by atoms with Crippen LogP contribution in [0.5, 0.6) is 5.88 Å². The molecule has 0 bridgehead atoms. The van der Waals surface area contributed by atoms with E-state index in [9.17, 15) is 13.2 Å². The van der Waals surface area contributed by atoms with E-state index in [1.165, 1.54) is 13.3 Å². The van der Waals surface area contributed by atoms with Crippen molar-refractivity contribution in [3.05, 3.63) is 28.6 Å². The molecule has 0 radical (unpaired) electrons. The molecule has 9 heteroatoms. The highest BCUT2D eigenvalue weighted by atomic mass is 79.9. The van der Waals surface area contributed by atoms with Crippen LogP contribution in [-0.2, 0) is 6.18 Å². The quantitative estimate of drug-likeness (QED) is 0.852. The Hall–Kier alpha value is -1.64. The van der Waals surface area contributed by atoms with Crippen molar-refractivity contribution in [3.8, 4) is 11.8 Å². The second kappa shape index (κ2) is 4.56. The lowest BCUT2D eigenvalue weighted by molar-refractivity contribution is -0.137. The van der Waals surface area contributed by atoms with Crippen molar-refractivity contribution >= 4 is 15.9 Å². The van der Waals surface area contributed by atoms with Crippen LogP contribution in [0, 0.1) is 0 Å². The first kappa shape index (κ1) is 12.8. The smallest absolute Gasteiger partial charge is 0.419 e. The Labute approximate surface area is 108 Å². The van der Waals surface area contributed by atoms with Crippen LogP contribution in [0.1, 0.15) is 5.56 Å². The largest absolute Gasteiger partial charge is 0.480 e. The molecule has 0 saturated carbocycles. The summed E-state index contributed by atoms with van der Waals surface area (Å²) in [5.74, 6) is 0.203. The molecular weight excluding hydrogens is 317 g/mol. The van der Waals surface area contributed by atoms with E-state index in [4.69, 9.17) is 4.74 Å². The Kier molecular flexibility index (Phi) is 3.24. The van der Waals surface area contributed by atoms with E-state index in [2.05, 4.69) is 31.0 Å². The number of ether oxygens (including phenoxy) is 1. The molecule has 2 aromatic heterocycles. The molecule has 0 unspecified atom stereocenters. The number of hydrogen-bond donors (Lipinski definition) is 0. The molecule has 0 spiro atoms. The average molecular weight is 323 g/mol. The van der Waals surface area contributed by atoms with Gasteiger partial charge in [0.2, 0.25) is 5.88 Å². The van der Waals surface area contributed by atoms with Crippen LogP contribution in [0.4, 0.5) is 13.2 Å². The minimum Gasteiger partial charge on any atom is -0.480 e. The molecule has 0 aromatic carbocycles. The molecule has 0 aliphatic carbocycles. The third-order valence-electron chi connectivity index (χ3n) is 2.01. The topological polar surface area (TPSA) is 52.8 Å². The number of aromatic nitrogens is 4. The van der Waals surface area contributed by atoms with E-state index in [0.29, 0.717) is 10.7 Å². The minimum absolute atomic E-state index is 0.00875. The van der Waals surface area contributed by atoms with E-state index in [1.54, 1.807) is 0 Å². The highest BCUT2D eigenvalue weighted by molar-refractivity contribution is 9.10. The first-order chi connectivity index (χ1) is 8.41. The number of nitrogens with zero attached hydrogens (tertiary/aromatic N) is 4. The van der Waals surface area contributed by atoms with Crippen LogP contribution in [0.3, 0.4) is 0 Å². The van der Waals surface area contributed by atoms with Gasteiger partial charge in [-0.25, -0.2) is 9.67 Å². The summed E-state index contributed by atoms with van der Waals surface area (Å²) in [5.41, 5.74) is -0.868. The summed E-state index contributed by atoms with van der Waals surface area (Å²) < 4.78 is 43.5. The molecule has 0 N–H and O–H groups in total. The van der Waals surface area contributed by atoms with Gasteiger partial charge in [-0.3, -0.25) is 0 Å². The fraction of sp³-hybridized carbons (Fsp3) is 0.222. The van der Waals surface area contributed by atoms with Gasteiger partial charge in [-0.15, -0.1) is 0 Å². The molecule has 0 fully saturated rings. The van der Waals surface area contributed by atoms with Gasteiger partial charge in [-0.05, 0) is 15.9 Å². The number of halogens is 4. The number of hydrogen-bond acceptors (Lipinski definition) is 4. The average Bonchev–Trinajstić information content (AvgIpc) is 2.78. The third kappa shape index (κ3) is 2.45. The molecule has 2 heterocycles. The zero-order valence-corrected chi connectivity index (χ0v) is 10.5. The summed E-state index contributed by atoms with van der Waals surface area (Å²) in [6, 6.07) is 0. The van der Waals surface area contributed by atoms with Crippen molar-refractivity contribution < 1.29 is 17.9 Å². The highest BCUT2D eigenvalue weighted by Crippen LogP contribution is 2.29. The van der Waals surface area contributed by atoms with Crippen LogP contribution in [0.15, 0.2) is 23.1 Å². The fourth-order valence-electron chi connectivity index (χ4n) is 1.17. The van der Waals surface area contributed by atoms with Gasteiger partial charge in [0.15, 0.2) is 0 Å². The first-order valence-electron chi connectivity index (χ1n) is 4.60. The predicted molar refractivity (Wildman–Crippen MR) is 58.4 cm³/mol. The number of methoxy groups -OCH3 is 1. The van der Waals surface area contributed by atoms with Gasteiger partial charge in [0.05, 0.1) is 29.5 Å². The summed E-state index contributed by atoms with van der Waals surface area (Å²) in [6.07, 6.45) is -1.56. The standard InChI is InChI=1S/C9H6BrF3N4O/c1-18-7-6(10)3-14-8(16-7)17-4-5(2-15-17)9(11,12)13/h2-4H,1H3. The maximum atomic E-state index is 12.4. The van der Waals surface area contributed by atoms with Gasteiger partial charge < -0.3 is 4.74 Å². The first-order valence-corrected chi connectivity index (χ1v) is 5.40. The van der Waals surface area contributed by atoms with Crippen LogP contribution < -0.4 is 4.74 Å². The Morgan fingerprint density at radius 3 is 2.61 bits per heavy atom. The van der Waals surface area contributed by atoms with Crippen LogP contribution >= 0.6 is 15.9 Å². The minimum atomic E-state index is -4.45. The summed E-state index contributed by atoms with van der Waals surface area (Å²) in [7, 11) is 1.39. The summed E-state index contributed by atoms with van der Waals surface area (Å²) >= 11 is 3.14. The second-order valence-corrected chi connectivity index (χ2v) is 4.05. The van der Waals surface area contributed by atoms with Crippen molar-refractivity contribution in [2.45, 2.75) is 6.18 Å². The second-order valence-electron chi connectivity index (χ2n) is 3.20. The fourth-order valence-corrected chi connectivity index (χ4v) is 1.53. The Bertz CT molecular complexity index is 569. The zero-order valence-electron chi connectivity index (χ0n) is 8.94. The lowest BCUT2D eigenvalue weighted by Crippen LogP contribution is -2.05. The van der Waals surface area contributed by atoms with Gasteiger partial charge in [-0.1, -0.05) is 0 Å². The zero-order chi connectivity index (χ0) is 13.3. The Morgan fingerprint density at radius 2 is 2.06 bits per heavy atom. The number of alkyl halides is 3. The van der Waals surface area contributed by atoms with Crippen LogP contribution in [-0.4, -0.2) is 26.9 Å². The lowest BCUT2D eigenvalue weighted by Gasteiger charge is -2.04. The summed E-state index contributed by atoms with van der Waals surface area (Å²) in [5, 5.41) is 3.56. The van der Waals surface area contributed by atoms with Gasteiger partial charge in [0.25, 0.3) is 5.95 Å². The molecule has 0 atom stereocenters. The SMILES string of the molecule is COc1nc(-n2cc(C(F)(F)F)cn2)ncc1Br. The van der Waals surface area contributed by atoms with Crippen molar-refractivity contribution in [3.63, 3.8) is 0 Å². The van der Waals surface area contributed by atoms with Gasteiger partial charge >= 0.3 is 6.18 Å². The molecule has 0 saturated heterocycles.